The lowest BCUT2D eigenvalue weighted by atomic mass is 10.3. The summed E-state index contributed by atoms with van der Waals surface area (Å²) in [5, 5.41) is 22.8. The minimum absolute atomic E-state index is 0.0324. The number of hydroxylamine groups is 1. The zero-order valence-corrected chi connectivity index (χ0v) is 15.2. The Morgan fingerprint density at radius 3 is 2.46 bits per heavy atom. The summed E-state index contributed by atoms with van der Waals surface area (Å²) >= 11 is 1.39. The summed E-state index contributed by atoms with van der Waals surface area (Å²) < 4.78 is 27.0. The number of nitro benzene ring substituents is 1. The molecule has 0 bridgehead atoms. The van der Waals surface area contributed by atoms with E-state index in [1.54, 1.807) is 12.1 Å². The lowest BCUT2D eigenvalue weighted by Crippen LogP contribution is -2.32. The third-order valence-corrected chi connectivity index (χ3v) is 6.24. The Balaban J connectivity index is 2.22. The number of rotatable bonds is 9. The van der Waals surface area contributed by atoms with Crippen molar-refractivity contribution in [3.05, 3.63) is 62.0 Å². The van der Waals surface area contributed by atoms with Crippen LogP contribution < -0.4 is 5.48 Å². The van der Waals surface area contributed by atoms with Crippen molar-refractivity contribution in [3.8, 4) is 0 Å². The largest absolute Gasteiger partial charge is 0.759 e. The molecule has 0 spiro atoms. The highest BCUT2D eigenvalue weighted by Gasteiger charge is 2.25. The Bertz CT molecular complexity index is 850. The molecule has 0 fully saturated rings. The molecule has 0 aliphatic carbocycles. The van der Waals surface area contributed by atoms with E-state index >= 15 is 0 Å². The molecule has 1 heterocycles. The first-order chi connectivity index (χ1) is 12.3. The number of hydrogen-bond acceptors (Lipinski definition) is 7. The molecule has 0 aliphatic rings. The van der Waals surface area contributed by atoms with Crippen LogP contribution in [0.25, 0.3) is 0 Å². The van der Waals surface area contributed by atoms with Gasteiger partial charge < -0.3 is 10.7 Å². The van der Waals surface area contributed by atoms with Crippen molar-refractivity contribution in [1.29, 1.82) is 0 Å². The molecule has 0 saturated carbocycles. The standard InChI is InChI=1S/C15H16N3O6S2/c19-15(16-20)4-1-9-17(11-13-3-2-10-25-13)26(23,24)14-7-5-12(6-8-14)18(21)22/h2-3,5-8,10H,1,4,9,11H2,(H-,16,19,20)/q-1. The molecule has 1 aromatic carbocycles. The first kappa shape index (κ1) is 20.0. The average molecular weight is 398 g/mol. The molecule has 0 aliphatic heterocycles. The van der Waals surface area contributed by atoms with Gasteiger partial charge in [0.25, 0.3) is 5.69 Å². The van der Waals surface area contributed by atoms with Gasteiger partial charge in [-0.15, -0.1) is 11.3 Å². The Morgan fingerprint density at radius 1 is 1.23 bits per heavy atom. The molecule has 0 atom stereocenters. The summed E-state index contributed by atoms with van der Waals surface area (Å²) in [5.74, 6) is -0.714. The second kappa shape index (κ2) is 8.85. The van der Waals surface area contributed by atoms with Crippen molar-refractivity contribution in [2.24, 2.45) is 0 Å². The lowest BCUT2D eigenvalue weighted by molar-refractivity contribution is -0.384. The van der Waals surface area contributed by atoms with Crippen molar-refractivity contribution in [3.63, 3.8) is 0 Å². The third kappa shape index (κ3) is 5.08. The highest BCUT2D eigenvalue weighted by Crippen LogP contribution is 2.23. The maximum Gasteiger partial charge on any atom is 0.269 e. The molecule has 2 aromatic rings. The molecule has 1 aromatic heterocycles. The van der Waals surface area contributed by atoms with Gasteiger partial charge in [0.2, 0.25) is 15.9 Å². The molecular weight excluding hydrogens is 382 g/mol. The molecule has 9 nitrogen and oxygen atoms in total. The van der Waals surface area contributed by atoms with E-state index in [0.717, 1.165) is 17.0 Å². The molecule has 26 heavy (non-hydrogen) atoms. The Morgan fingerprint density at radius 2 is 1.92 bits per heavy atom. The highest BCUT2D eigenvalue weighted by atomic mass is 32.2. The maximum atomic E-state index is 12.9. The topological polar surface area (TPSA) is 133 Å². The summed E-state index contributed by atoms with van der Waals surface area (Å²) in [7, 11) is -3.92. The number of thiophene rings is 1. The number of non-ortho nitro benzene ring substituents is 1. The minimum Gasteiger partial charge on any atom is -0.759 e. The maximum absolute atomic E-state index is 12.9. The molecule has 0 saturated heterocycles. The van der Waals surface area contributed by atoms with Gasteiger partial charge in [0, 0.05) is 36.5 Å². The summed E-state index contributed by atoms with van der Waals surface area (Å²) in [6.45, 7) is 0.140. The van der Waals surface area contributed by atoms with E-state index in [9.17, 15) is 28.5 Å². The second-order valence-corrected chi connectivity index (χ2v) is 8.27. The predicted molar refractivity (Wildman–Crippen MR) is 95.8 cm³/mol. The lowest BCUT2D eigenvalue weighted by Gasteiger charge is -2.22. The van der Waals surface area contributed by atoms with Gasteiger partial charge in [-0.2, -0.15) is 4.31 Å². The Kier molecular flexibility index (Phi) is 6.80. The second-order valence-electron chi connectivity index (χ2n) is 5.30. The molecule has 0 unspecified atom stereocenters. The van der Waals surface area contributed by atoms with Crippen molar-refractivity contribution < 1.29 is 18.1 Å². The van der Waals surface area contributed by atoms with Crippen molar-refractivity contribution in [2.75, 3.05) is 6.54 Å². The fourth-order valence-electron chi connectivity index (χ4n) is 2.22. The van der Waals surface area contributed by atoms with Crippen LogP contribution in [0.3, 0.4) is 0 Å². The van der Waals surface area contributed by atoms with E-state index in [-0.39, 0.29) is 36.5 Å². The first-order valence-electron chi connectivity index (χ1n) is 7.52. The third-order valence-electron chi connectivity index (χ3n) is 3.52. The van der Waals surface area contributed by atoms with Crippen molar-refractivity contribution >= 4 is 33.0 Å². The Labute approximate surface area is 154 Å². The number of nitrogens with zero attached hydrogens (tertiary/aromatic N) is 2. The van der Waals surface area contributed by atoms with Crippen LogP contribution in [-0.2, 0) is 21.4 Å². The van der Waals surface area contributed by atoms with E-state index in [2.05, 4.69) is 0 Å². The van der Waals surface area contributed by atoms with Crippen LogP contribution in [0.1, 0.15) is 17.7 Å². The highest BCUT2D eigenvalue weighted by molar-refractivity contribution is 7.89. The SMILES string of the molecule is O=C(CCCN(Cc1cccs1)S(=O)(=O)c1ccc([N+](=O)[O-])cc1)N[O-]. The quantitative estimate of drug-likeness (QED) is 0.509. The average Bonchev–Trinajstić information content (AvgIpc) is 3.13. The number of carbonyl (C=O) groups excluding carboxylic acids is 1. The molecule has 140 valence electrons. The van der Waals surface area contributed by atoms with Crippen LogP contribution in [-0.4, -0.2) is 30.1 Å². The van der Waals surface area contributed by atoms with Crippen LogP contribution in [0.4, 0.5) is 5.69 Å². The van der Waals surface area contributed by atoms with Crippen molar-refractivity contribution in [1.82, 2.24) is 9.79 Å². The van der Waals surface area contributed by atoms with Gasteiger partial charge in [-0.05, 0) is 30.0 Å². The fraction of sp³-hybridized carbons (Fsp3) is 0.267. The molecule has 2 rings (SSSR count). The van der Waals surface area contributed by atoms with Crippen molar-refractivity contribution in [2.45, 2.75) is 24.3 Å². The Hall–Kier alpha value is -2.34. The van der Waals surface area contributed by atoms with Gasteiger partial charge in [-0.3, -0.25) is 14.9 Å². The smallest absolute Gasteiger partial charge is 0.269 e. The number of benzene rings is 1. The van der Waals surface area contributed by atoms with Gasteiger partial charge in [0.1, 0.15) is 0 Å². The normalized spacial score (nSPS) is 11.5. The van der Waals surface area contributed by atoms with Crippen LogP contribution in [0.2, 0.25) is 0 Å². The van der Waals surface area contributed by atoms with E-state index < -0.39 is 20.9 Å². The zero-order valence-electron chi connectivity index (χ0n) is 13.5. The van der Waals surface area contributed by atoms with Gasteiger partial charge in [0.05, 0.1) is 9.82 Å². The van der Waals surface area contributed by atoms with Crippen LogP contribution in [0, 0.1) is 15.3 Å². The fourth-order valence-corrected chi connectivity index (χ4v) is 4.47. The van der Waals surface area contributed by atoms with E-state index in [1.807, 2.05) is 5.38 Å². The summed E-state index contributed by atoms with van der Waals surface area (Å²) in [6, 6.07) is 8.19. The molecule has 0 radical (unpaired) electrons. The van der Waals surface area contributed by atoms with Gasteiger partial charge >= 0.3 is 0 Å². The summed E-state index contributed by atoms with van der Waals surface area (Å²) in [6.07, 6.45) is 0.0753. The molecular formula is C15H16N3O6S2-. The van der Waals surface area contributed by atoms with Crippen LogP contribution >= 0.6 is 11.3 Å². The number of amides is 1. The number of nitrogens with one attached hydrogen (secondary N) is 1. The van der Waals surface area contributed by atoms with Gasteiger partial charge in [-0.25, -0.2) is 8.42 Å². The molecule has 11 heteroatoms. The number of carbonyl (C=O) groups is 1. The number of nitro groups is 1. The monoisotopic (exact) mass is 398 g/mol. The number of hydrogen-bond donors (Lipinski definition) is 1. The van der Waals surface area contributed by atoms with E-state index in [4.69, 9.17) is 0 Å². The van der Waals surface area contributed by atoms with Crippen LogP contribution in [0.15, 0.2) is 46.7 Å². The van der Waals surface area contributed by atoms with Gasteiger partial charge in [-0.1, -0.05) is 6.07 Å². The summed E-state index contributed by atoms with van der Waals surface area (Å²) in [4.78, 5) is 21.9. The number of sulfonamides is 1. The minimum atomic E-state index is -3.92. The zero-order chi connectivity index (χ0) is 19.2. The van der Waals surface area contributed by atoms with E-state index in [1.165, 1.54) is 33.3 Å². The van der Waals surface area contributed by atoms with E-state index in [0.29, 0.717) is 0 Å². The first-order valence-corrected chi connectivity index (χ1v) is 9.84. The molecule has 1 N–H and O–H groups in total. The van der Waals surface area contributed by atoms with Crippen LogP contribution in [0.5, 0.6) is 0 Å². The predicted octanol–water partition coefficient (Wildman–Crippen LogP) is 2.24. The van der Waals surface area contributed by atoms with Gasteiger partial charge in [0.15, 0.2) is 0 Å². The summed E-state index contributed by atoms with van der Waals surface area (Å²) in [5.41, 5.74) is 1.05. The molecule has 1 amide bonds.